The van der Waals surface area contributed by atoms with E-state index in [0.717, 1.165) is 35.3 Å². The van der Waals surface area contributed by atoms with Crippen molar-refractivity contribution in [2.24, 2.45) is 0 Å². The molecule has 10 heteroatoms. The maximum atomic E-state index is 12.4. The Morgan fingerprint density at radius 1 is 0.814 bits per heavy atom. The zero-order valence-corrected chi connectivity index (χ0v) is 23.5. The van der Waals surface area contributed by atoms with Crippen LogP contribution in [0.2, 0.25) is 0 Å². The molecule has 43 heavy (non-hydrogen) atoms. The van der Waals surface area contributed by atoms with Gasteiger partial charge in [0, 0.05) is 23.2 Å². The average Bonchev–Trinajstić information content (AvgIpc) is 3.52. The summed E-state index contributed by atoms with van der Waals surface area (Å²) >= 11 is 0. The summed E-state index contributed by atoms with van der Waals surface area (Å²) in [6, 6.07) is 6.80. The summed E-state index contributed by atoms with van der Waals surface area (Å²) in [5.74, 6) is 0.606. The molecular weight excluding hydrogens is 552 g/mol. The van der Waals surface area contributed by atoms with E-state index < -0.39 is 34.2 Å². The van der Waals surface area contributed by atoms with Crippen molar-refractivity contribution in [3.05, 3.63) is 70.8 Å². The molecule has 2 saturated heterocycles. The number of carbonyl (C=O) groups is 2. The fourth-order valence-corrected chi connectivity index (χ4v) is 9.95. The third-order valence-corrected chi connectivity index (χ3v) is 11.8. The van der Waals surface area contributed by atoms with Gasteiger partial charge in [-0.1, -0.05) is 12.1 Å². The first-order valence-electron chi connectivity index (χ1n) is 15.0. The Labute approximate surface area is 247 Å². The molecule has 2 aromatic carbocycles. The third-order valence-electron chi connectivity index (χ3n) is 11.8. The molecule has 10 rings (SSSR count). The van der Waals surface area contributed by atoms with Crippen molar-refractivity contribution in [1.29, 1.82) is 0 Å². The molecular formula is C33H32N2O8. The number of likely N-dealkylation sites (N-methyl/N-ethyl adjacent to an activating group) is 1. The molecule has 0 radical (unpaired) electrons. The van der Waals surface area contributed by atoms with Gasteiger partial charge in [-0.15, -0.1) is 0 Å². The Kier molecular flexibility index (Phi) is 4.71. The van der Waals surface area contributed by atoms with E-state index >= 15 is 0 Å². The highest BCUT2D eigenvalue weighted by atomic mass is 16.5. The standard InChI is InChI=1S/C17H17NO4.C16H15NO4/c1-18-7-6-16-13-9-2-3-10(19)14(13)22-15(16)11(20)4-5-17(16,21)12(18)8-9;18-9-2-1-8-7-11-16(20)4-3-10(19)14-15(16,5-6-17-11)12(8)13(9)21-14/h2-5,12,15,19,21H,6-8H2,1H3;1-4,11,14,17-18,20H,5-7H2/t12?,15-,16-,17+;11?,14-,15-,16+/m00/s1. The normalized spacial score (nSPS) is 41.5. The number of rotatable bonds is 0. The molecule has 2 aromatic rings. The monoisotopic (exact) mass is 584 g/mol. The van der Waals surface area contributed by atoms with Crippen LogP contribution in [-0.4, -0.2) is 92.5 Å². The molecule has 5 N–H and O–H groups in total. The number of carbonyl (C=O) groups excluding carboxylic acids is 2. The van der Waals surface area contributed by atoms with E-state index in [9.17, 15) is 30.0 Å². The van der Waals surface area contributed by atoms with Crippen LogP contribution < -0.4 is 14.8 Å². The van der Waals surface area contributed by atoms with E-state index in [1.165, 1.54) is 12.2 Å². The minimum Gasteiger partial charge on any atom is -0.504 e. The first kappa shape index (κ1) is 25.8. The van der Waals surface area contributed by atoms with Crippen LogP contribution in [0, 0.1) is 0 Å². The van der Waals surface area contributed by atoms with E-state index in [0.29, 0.717) is 37.2 Å². The highest BCUT2D eigenvalue weighted by Crippen LogP contribution is 2.64. The average molecular weight is 585 g/mol. The van der Waals surface area contributed by atoms with Gasteiger partial charge in [-0.2, -0.15) is 0 Å². The topological polar surface area (TPSA) is 149 Å². The predicted molar refractivity (Wildman–Crippen MR) is 151 cm³/mol. The van der Waals surface area contributed by atoms with Crippen LogP contribution in [0.15, 0.2) is 48.6 Å². The van der Waals surface area contributed by atoms with Gasteiger partial charge in [0.15, 0.2) is 46.8 Å². The Bertz CT molecular complexity index is 1740. The summed E-state index contributed by atoms with van der Waals surface area (Å²) in [6.07, 6.45) is 7.30. The second-order valence-corrected chi connectivity index (χ2v) is 13.4. The number of ether oxygens (including phenoxy) is 2. The molecule has 2 unspecified atom stereocenters. The van der Waals surface area contributed by atoms with Gasteiger partial charge in [0.1, 0.15) is 11.2 Å². The largest absolute Gasteiger partial charge is 0.504 e. The maximum Gasteiger partial charge on any atom is 0.196 e. The lowest BCUT2D eigenvalue weighted by Gasteiger charge is -2.60. The molecule has 4 bridgehead atoms. The number of nitrogens with zero attached hydrogens (tertiary/aromatic N) is 1. The van der Waals surface area contributed by atoms with E-state index in [4.69, 9.17) is 9.47 Å². The van der Waals surface area contributed by atoms with E-state index in [1.54, 1.807) is 24.3 Å². The molecule has 222 valence electrons. The lowest BCUT2D eigenvalue weighted by atomic mass is 9.51. The van der Waals surface area contributed by atoms with Crippen molar-refractivity contribution >= 4 is 11.6 Å². The van der Waals surface area contributed by atoms with Crippen LogP contribution >= 0.6 is 0 Å². The minimum absolute atomic E-state index is 0.0460. The molecule has 4 heterocycles. The maximum absolute atomic E-state index is 12.4. The number of nitrogens with one attached hydrogen (secondary N) is 1. The number of piperidine rings is 2. The number of likely N-dealkylation sites (tertiary alicyclic amines) is 1. The summed E-state index contributed by atoms with van der Waals surface area (Å²) in [5.41, 5.74) is -0.00317. The fourth-order valence-electron chi connectivity index (χ4n) is 9.95. The minimum atomic E-state index is -1.14. The van der Waals surface area contributed by atoms with Crippen LogP contribution in [0.4, 0.5) is 0 Å². The summed E-state index contributed by atoms with van der Waals surface area (Å²) in [5, 5.41) is 46.6. The quantitative estimate of drug-likeness (QED) is 0.300. The number of phenols is 2. The summed E-state index contributed by atoms with van der Waals surface area (Å²) < 4.78 is 11.7. The van der Waals surface area contributed by atoms with E-state index in [1.807, 2.05) is 19.2 Å². The first-order valence-corrected chi connectivity index (χ1v) is 15.0. The second kappa shape index (κ2) is 7.87. The van der Waals surface area contributed by atoms with Gasteiger partial charge in [0.2, 0.25) is 0 Å². The molecule has 4 aliphatic heterocycles. The first-order chi connectivity index (χ1) is 20.6. The molecule has 2 spiro atoms. The van der Waals surface area contributed by atoms with Crippen LogP contribution in [0.3, 0.4) is 0 Å². The summed E-state index contributed by atoms with van der Waals surface area (Å²) in [4.78, 5) is 26.9. The van der Waals surface area contributed by atoms with Gasteiger partial charge in [-0.25, -0.2) is 0 Å². The number of hydrogen-bond acceptors (Lipinski definition) is 10. The van der Waals surface area contributed by atoms with E-state index in [-0.39, 0.29) is 35.1 Å². The molecule has 4 aliphatic carbocycles. The number of phenolic OH excluding ortho intramolecular Hbond substituents is 2. The lowest BCUT2D eigenvalue weighted by Crippen LogP contribution is -2.74. The Hall–Kier alpha value is -3.70. The van der Waals surface area contributed by atoms with Crippen molar-refractivity contribution < 1.29 is 39.5 Å². The number of aliphatic hydroxyl groups is 2. The second-order valence-electron chi connectivity index (χ2n) is 13.4. The molecule has 0 saturated carbocycles. The van der Waals surface area contributed by atoms with Crippen LogP contribution in [-0.2, 0) is 33.3 Å². The highest BCUT2D eigenvalue weighted by Gasteiger charge is 2.72. The van der Waals surface area contributed by atoms with Gasteiger partial charge < -0.3 is 35.2 Å². The summed E-state index contributed by atoms with van der Waals surface area (Å²) in [6.45, 7) is 1.52. The Morgan fingerprint density at radius 3 is 2.00 bits per heavy atom. The van der Waals surface area contributed by atoms with E-state index in [2.05, 4.69) is 10.2 Å². The Balaban J connectivity index is 0.000000121. The number of hydrogen-bond donors (Lipinski definition) is 5. The molecule has 0 amide bonds. The van der Waals surface area contributed by atoms with Crippen molar-refractivity contribution in [3.8, 4) is 23.0 Å². The zero-order chi connectivity index (χ0) is 29.7. The molecule has 0 aromatic heterocycles. The number of benzene rings is 2. The fraction of sp³-hybridized carbons (Fsp3) is 0.455. The zero-order valence-electron chi connectivity index (χ0n) is 23.5. The van der Waals surface area contributed by atoms with Crippen molar-refractivity contribution in [3.63, 3.8) is 0 Å². The van der Waals surface area contributed by atoms with Crippen molar-refractivity contribution in [2.45, 2.75) is 72.0 Å². The molecule has 8 atom stereocenters. The summed E-state index contributed by atoms with van der Waals surface area (Å²) in [7, 11) is 2.01. The molecule has 2 fully saturated rings. The van der Waals surface area contributed by atoms with Crippen molar-refractivity contribution in [1.82, 2.24) is 10.2 Å². The predicted octanol–water partition coefficient (Wildman–Crippen LogP) is 0.700. The van der Waals surface area contributed by atoms with Gasteiger partial charge >= 0.3 is 0 Å². The molecule has 10 nitrogen and oxygen atoms in total. The SMILES string of the molecule is CN1CC[C@]23c4c5ccc(O)c4O[C@H]2C(=O)C=C[C@@]3(O)C1C5.O=C1C=C[C@@]2(O)C3Cc4ccc(O)c5c4[C@@]2(CCN3)[C@H]1O5. The van der Waals surface area contributed by atoms with Gasteiger partial charge in [0.25, 0.3) is 0 Å². The van der Waals surface area contributed by atoms with Crippen LogP contribution in [0.5, 0.6) is 23.0 Å². The lowest BCUT2D eigenvalue weighted by molar-refractivity contribution is -0.151. The van der Waals surface area contributed by atoms with Gasteiger partial charge in [-0.05, 0) is 93.4 Å². The van der Waals surface area contributed by atoms with Gasteiger partial charge in [-0.3, -0.25) is 14.5 Å². The van der Waals surface area contributed by atoms with Crippen LogP contribution in [0.25, 0.3) is 0 Å². The van der Waals surface area contributed by atoms with Crippen molar-refractivity contribution in [2.75, 3.05) is 20.1 Å². The molecule has 8 aliphatic rings. The number of aromatic hydroxyl groups is 2. The highest BCUT2D eigenvalue weighted by molar-refractivity contribution is 5.99. The van der Waals surface area contributed by atoms with Gasteiger partial charge in [0.05, 0.1) is 10.8 Å². The third kappa shape index (κ3) is 2.68. The number of ketones is 2. The van der Waals surface area contributed by atoms with Crippen LogP contribution in [0.1, 0.15) is 35.1 Å². The Morgan fingerprint density at radius 2 is 1.37 bits per heavy atom. The smallest absolute Gasteiger partial charge is 0.196 e.